The second-order valence-corrected chi connectivity index (χ2v) is 5.45. The third kappa shape index (κ3) is 2.67. The molecule has 5 nitrogen and oxygen atoms in total. The van der Waals surface area contributed by atoms with E-state index in [9.17, 15) is 9.90 Å². The van der Waals surface area contributed by atoms with Crippen LogP contribution in [0.4, 0.5) is 4.79 Å². The van der Waals surface area contributed by atoms with E-state index >= 15 is 0 Å². The monoisotopic (exact) mass is 276 g/mol. The van der Waals surface area contributed by atoms with E-state index in [1.54, 1.807) is 19.1 Å². The van der Waals surface area contributed by atoms with Crippen LogP contribution in [0.25, 0.3) is 11.0 Å². The molecule has 2 aromatic rings. The van der Waals surface area contributed by atoms with Gasteiger partial charge >= 0.3 is 6.09 Å². The zero-order valence-corrected chi connectivity index (χ0v) is 12.3. The maximum absolute atomic E-state index is 12.4. The molecule has 0 bridgehead atoms. The van der Waals surface area contributed by atoms with E-state index in [1.165, 1.54) is 4.57 Å². The summed E-state index contributed by atoms with van der Waals surface area (Å²) in [6, 6.07) is 7.25. The Morgan fingerprint density at radius 1 is 1.45 bits per heavy atom. The van der Waals surface area contributed by atoms with Gasteiger partial charge in [-0.05, 0) is 39.3 Å². The first-order valence-corrected chi connectivity index (χ1v) is 6.74. The average molecular weight is 276 g/mol. The summed E-state index contributed by atoms with van der Waals surface area (Å²) in [6.45, 7) is 7.24. The summed E-state index contributed by atoms with van der Waals surface area (Å²) in [5.41, 5.74) is 0.744. The molecule has 1 unspecified atom stereocenters. The molecule has 0 radical (unpaired) electrons. The standard InChI is InChI=1S/C15H20N2O3/c1-5-15(3,4)20-14(19)17-12-9-7-6-8-11(12)16-13(17)10(2)18/h6-10,18H,5H2,1-4H3. The third-order valence-electron chi connectivity index (χ3n) is 3.36. The molecule has 108 valence electrons. The number of ether oxygens (including phenoxy) is 1. The number of imidazole rings is 1. The van der Waals surface area contributed by atoms with E-state index in [1.807, 2.05) is 32.9 Å². The second kappa shape index (κ2) is 5.25. The Bertz CT molecular complexity index is 629. The van der Waals surface area contributed by atoms with Gasteiger partial charge in [0.1, 0.15) is 17.5 Å². The van der Waals surface area contributed by atoms with Crippen molar-refractivity contribution >= 4 is 17.1 Å². The Balaban J connectivity index is 2.51. The van der Waals surface area contributed by atoms with Crippen LogP contribution in [-0.4, -0.2) is 26.4 Å². The Labute approximate surface area is 118 Å². The van der Waals surface area contributed by atoms with E-state index in [2.05, 4.69) is 4.98 Å². The zero-order chi connectivity index (χ0) is 14.9. The lowest BCUT2D eigenvalue weighted by Gasteiger charge is -2.24. The summed E-state index contributed by atoms with van der Waals surface area (Å²) in [5, 5.41) is 9.82. The van der Waals surface area contributed by atoms with Crippen LogP contribution in [0.15, 0.2) is 24.3 Å². The normalized spacial score (nSPS) is 13.4. The SMILES string of the molecule is CCC(C)(C)OC(=O)n1c(C(C)O)nc2ccccc21. The number of hydrogen-bond donors (Lipinski definition) is 1. The molecular weight excluding hydrogens is 256 g/mol. The highest BCUT2D eigenvalue weighted by Gasteiger charge is 2.26. The van der Waals surface area contributed by atoms with Crippen molar-refractivity contribution in [2.45, 2.75) is 45.8 Å². The van der Waals surface area contributed by atoms with Crippen LogP contribution in [0.5, 0.6) is 0 Å². The molecule has 0 aliphatic rings. The summed E-state index contributed by atoms with van der Waals surface area (Å²) in [4.78, 5) is 16.7. The van der Waals surface area contributed by atoms with Crippen LogP contribution in [-0.2, 0) is 4.74 Å². The summed E-state index contributed by atoms with van der Waals surface area (Å²) in [5.74, 6) is 0.295. The van der Waals surface area contributed by atoms with Gasteiger partial charge in [-0.15, -0.1) is 0 Å². The highest BCUT2D eigenvalue weighted by molar-refractivity contribution is 5.87. The number of aliphatic hydroxyl groups excluding tert-OH is 1. The van der Waals surface area contributed by atoms with Gasteiger partial charge in [0.05, 0.1) is 11.0 Å². The quantitative estimate of drug-likeness (QED) is 0.934. The van der Waals surface area contributed by atoms with E-state index in [0.29, 0.717) is 23.3 Å². The van der Waals surface area contributed by atoms with Gasteiger partial charge in [-0.3, -0.25) is 0 Å². The van der Waals surface area contributed by atoms with Crippen molar-refractivity contribution in [2.75, 3.05) is 0 Å². The van der Waals surface area contributed by atoms with Gasteiger partial charge in [-0.1, -0.05) is 19.1 Å². The molecule has 0 spiro atoms. The van der Waals surface area contributed by atoms with Crippen molar-refractivity contribution in [1.82, 2.24) is 9.55 Å². The summed E-state index contributed by atoms with van der Waals surface area (Å²) < 4.78 is 6.85. The van der Waals surface area contributed by atoms with Crippen molar-refractivity contribution in [1.29, 1.82) is 0 Å². The Hall–Kier alpha value is -1.88. The maximum atomic E-state index is 12.4. The Kier molecular flexibility index (Phi) is 3.81. The smallest absolute Gasteiger partial charge is 0.420 e. The highest BCUT2D eigenvalue weighted by atomic mass is 16.6. The molecule has 20 heavy (non-hydrogen) atoms. The number of fused-ring (bicyclic) bond motifs is 1. The predicted octanol–water partition coefficient (Wildman–Crippen LogP) is 3.26. The molecule has 5 heteroatoms. The number of nitrogens with zero attached hydrogens (tertiary/aromatic N) is 2. The molecule has 2 rings (SSSR count). The molecule has 0 amide bonds. The van der Waals surface area contributed by atoms with Gasteiger partial charge in [-0.25, -0.2) is 14.3 Å². The minimum Gasteiger partial charge on any atom is -0.443 e. The first-order chi connectivity index (χ1) is 9.35. The fraction of sp³-hybridized carbons (Fsp3) is 0.467. The molecular formula is C15H20N2O3. The minimum atomic E-state index is -0.848. The number of para-hydroxylation sites is 2. The van der Waals surface area contributed by atoms with Crippen LogP contribution in [0.3, 0.4) is 0 Å². The van der Waals surface area contributed by atoms with Crippen LogP contribution < -0.4 is 0 Å². The lowest BCUT2D eigenvalue weighted by atomic mass is 10.1. The number of hydrogen-bond acceptors (Lipinski definition) is 4. The fourth-order valence-electron chi connectivity index (χ4n) is 1.87. The van der Waals surface area contributed by atoms with Gasteiger partial charge in [0, 0.05) is 0 Å². The maximum Gasteiger partial charge on any atom is 0.420 e. The number of rotatable bonds is 3. The third-order valence-corrected chi connectivity index (χ3v) is 3.36. The summed E-state index contributed by atoms with van der Waals surface area (Å²) in [7, 11) is 0. The lowest BCUT2D eigenvalue weighted by Crippen LogP contribution is -2.30. The van der Waals surface area contributed by atoms with E-state index < -0.39 is 17.8 Å². The number of aromatic nitrogens is 2. The topological polar surface area (TPSA) is 64.3 Å². The average Bonchev–Trinajstić information content (AvgIpc) is 2.77. The molecule has 1 aromatic carbocycles. The van der Waals surface area contributed by atoms with Crippen LogP contribution in [0.1, 0.15) is 46.0 Å². The summed E-state index contributed by atoms with van der Waals surface area (Å²) in [6.07, 6.45) is -0.656. The molecule has 0 aliphatic heterocycles. The zero-order valence-electron chi connectivity index (χ0n) is 12.3. The fourth-order valence-corrected chi connectivity index (χ4v) is 1.87. The molecule has 0 fully saturated rings. The number of carbonyl (C=O) groups is 1. The van der Waals surface area contributed by atoms with E-state index in [0.717, 1.165) is 0 Å². The molecule has 0 saturated carbocycles. The van der Waals surface area contributed by atoms with Gasteiger partial charge in [0.25, 0.3) is 0 Å². The highest BCUT2D eigenvalue weighted by Crippen LogP contribution is 2.23. The minimum absolute atomic E-state index is 0.295. The largest absolute Gasteiger partial charge is 0.443 e. The van der Waals surface area contributed by atoms with Crippen LogP contribution >= 0.6 is 0 Å². The van der Waals surface area contributed by atoms with Gasteiger partial charge in [0.2, 0.25) is 0 Å². The first kappa shape index (κ1) is 14.5. The Morgan fingerprint density at radius 2 is 2.10 bits per heavy atom. The van der Waals surface area contributed by atoms with Crippen molar-refractivity contribution in [3.05, 3.63) is 30.1 Å². The number of aliphatic hydroxyl groups is 1. The molecule has 1 atom stereocenters. The van der Waals surface area contributed by atoms with Crippen molar-refractivity contribution in [3.8, 4) is 0 Å². The number of benzene rings is 1. The van der Waals surface area contributed by atoms with Crippen molar-refractivity contribution in [3.63, 3.8) is 0 Å². The molecule has 1 aromatic heterocycles. The van der Waals surface area contributed by atoms with Gasteiger partial charge in [-0.2, -0.15) is 0 Å². The number of carbonyl (C=O) groups excluding carboxylic acids is 1. The van der Waals surface area contributed by atoms with E-state index in [4.69, 9.17) is 4.74 Å². The molecule has 1 N–H and O–H groups in total. The predicted molar refractivity (Wildman–Crippen MR) is 76.6 cm³/mol. The van der Waals surface area contributed by atoms with Crippen molar-refractivity contribution in [2.24, 2.45) is 0 Å². The Morgan fingerprint density at radius 3 is 2.70 bits per heavy atom. The molecule has 0 saturated heterocycles. The lowest BCUT2D eigenvalue weighted by molar-refractivity contribution is 0.0360. The van der Waals surface area contributed by atoms with Crippen LogP contribution in [0.2, 0.25) is 0 Å². The first-order valence-electron chi connectivity index (χ1n) is 6.74. The molecule has 0 aliphatic carbocycles. The second-order valence-electron chi connectivity index (χ2n) is 5.45. The molecule has 1 heterocycles. The van der Waals surface area contributed by atoms with E-state index in [-0.39, 0.29) is 0 Å². The summed E-state index contributed by atoms with van der Waals surface area (Å²) >= 11 is 0. The van der Waals surface area contributed by atoms with Crippen molar-refractivity contribution < 1.29 is 14.6 Å². The van der Waals surface area contributed by atoms with Crippen LogP contribution in [0, 0.1) is 0 Å². The van der Waals surface area contributed by atoms with Gasteiger partial charge in [0.15, 0.2) is 0 Å². The van der Waals surface area contributed by atoms with Gasteiger partial charge < -0.3 is 9.84 Å².